The standard InChI is InChI=1S/C15H21N7O/c1-20(9-12-6-17-11-18-7-12)10-13-8-19-14-2-3-21(15(16)23)4-5-22(13)14/h6-8,11H,2-5,9-10H2,1H3,(H2,16,23). The molecular weight excluding hydrogens is 294 g/mol. The Labute approximate surface area is 135 Å². The summed E-state index contributed by atoms with van der Waals surface area (Å²) < 4.78 is 2.20. The highest BCUT2D eigenvalue weighted by Gasteiger charge is 2.19. The average Bonchev–Trinajstić information content (AvgIpc) is 2.78. The first-order chi connectivity index (χ1) is 11.1. The van der Waals surface area contributed by atoms with Crippen LogP contribution in [-0.4, -0.2) is 55.5 Å². The average molecular weight is 315 g/mol. The van der Waals surface area contributed by atoms with Gasteiger partial charge in [-0.15, -0.1) is 0 Å². The van der Waals surface area contributed by atoms with Crippen LogP contribution >= 0.6 is 0 Å². The lowest BCUT2D eigenvalue weighted by molar-refractivity contribution is 0.208. The summed E-state index contributed by atoms with van der Waals surface area (Å²) in [5.74, 6) is 1.01. The van der Waals surface area contributed by atoms with Gasteiger partial charge < -0.3 is 15.2 Å². The minimum absolute atomic E-state index is 0.363. The molecule has 0 aliphatic carbocycles. The van der Waals surface area contributed by atoms with Crippen LogP contribution in [0.1, 0.15) is 17.1 Å². The van der Waals surface area contributed by atoms with E-state index in [1.54, 1.807) is 4.90 Å². The van der Waals surface area contributed by atoms with Crippen LogP contribution in [0.5, 0.6) is 0 Å². The van der Waals surface area contributed by atoms with E-state index in [-0.39, 0.29) is 6.03 Å². The zero-order valence-electron chi connectivity index (χ0n) is 13.2. The molecule has 2 amide bonds. The summed E-state index contributed by atoms with van der Waals surface area (Å²) in [5.41, 5.74) is 7.60. The number of rotatable bonds is 4. The number of amides is 2. The van der Waals surface area contributed by atoms with Crippen LogP contribution in [0.2, 0.25) is 0 Å². The van der Waals surface area contributed by atoms with Crippen molar-refractivity contribution in [2.75, 3.05) is 20.1 Å². The molecule has 8 heteroatoms. The van der Waals surface area contributed by atoms with Gasteiger partial charge in [0, 0.05) is 63.3 Å². The van der Waals surface area contributed by atoms with Crippen LogP contribution < -0.4 is 5.73 Å². The molecule has 122 valence electrons. The molecule has 0 atom stereocenters. The van der Waals surface area contributed by atoms with Crippen molar-refractivity contribution >= 4 is 6.03 Å². The van der Waals surface area contributed by atoms with E-state index in [0.717, 1.165) is 43.1 Å². The third-order valence-electron chi connectivity index (χ3n) is 4.03. The first-order valence-corrected chi connectivity index (χ1v) is 7.63. The van der Waals surface area contributed by atoms with Gasteiger partial charge >= 0.3 is 6.03 Å². The summed E-state index contributed by atoms with van der Waals surface area (Å²) in [6, 6.07) is -0.363. The summed E-state index contributed by atoms with van der Waals surface area (Å²) >= 11 is 0. The van der Waals surface area contributed by atoms with Crippen LogP contribution in [0, 0.1) is 0 Å². The molecule has 0 saturated heterocycles. The third kappa shape index (κ3) is 3.65. The van der Waals surface area contributed by atoms with Crippen LogP contribution in [-0.2, 0) is 26.1 Å². The number of aromatic nitrogens is 4. The monoisotopic (exact) mass is 315 g/mol. The van der Waals surface area contributed by atoms with Crippen LogP contribution in [0.4, 0.5) is 4.79 Å². The lowest BCUT2D eigenvalue weighted by atomic mass is 10.3. The molecule has 8 nitrogen and oxygen atoms in total. The zero-order chi connectivity index (χ0) is 16.2. The molecule has 0 fully saturated rings. The first-order valence-electron chi connectivity index (χ1n) is 7.63. The Morgan fingerprint density at radius 2 is 2.00 bits per heavy atom. The van der Waals surface area contributed by atoms with Crippen LogP contribution in [0.3, 0.4) is 0 Å². The molecule has 3 heterocycles. The van der Waals surface area contributed by atoms with Gasteiger partial charge in [-0.2, -0.15) is 0 Å². The van der Waals surface area contributed by atoms with Crippen molar-refractivity contribution in [1.82, 2.24) is 29.3 Å². The Morgan fingerprint density at radius 3 is 2.74 bits per heavy atom. The fraction of sp³-hybridized carbons (Fsp3) is 0.467. The molecule has 1 aliphatic rings. The Balaban J connectivity index is 1.66. The fourth-order valence-electron chi connectivity index (χ4n) is 2.90. The molecule has 23 heavy (non-hydrogen) atoms. The van der Waals surface area contributed by atoms with Gasteiger partial charge in [0.1, 0.15) is 12.2 Å². The first kappa shape index (κ1) is 15.4. The molecule has 0 radical (unpaired) electrons. The molecule has 0 spiro atoms. The highest BCUT2D eigenvalue weighted by Crippen LogP contribution is 2.14. The summed E-state index contributed by atoms with van der Waals surface area (Å²) in [6.45, 7) is 3.54. The quantitative estimate of drug-likeness (QED) is 0.872. The van der Waals surface area contributed by atoms with Crippen molar-refractivity contribution in [1.29, 1.82) is 0 Å². The number of hydrogen-bond donors (Lipinski definition) is 1. The van der Waals surface area contributed by atoms with Gasteiger partial charge in [-0.1, -0.05) is 0 Å². The van der Waals surface area contributed by atoms with Crippen molar-refractivity contribution in [3.05, 3.63) is 42.0 Å². The maximum atomic E-state index is 11.3. The molecule has 0 saturated carbocycles. The minimum Gasteiger partial charge on any atom is -0.351 e. The van der Waals surface area contributed by atoms with E-state index in [9.17, 15) is 4.79 Å². The predicted molar refractivity (Wildman–Crippen MR) is 84.3 cm³/mol. The molecule has 2 aromatic rings. The van der Waals surface area contributed by atoms with Crippen molar-refractivity contribution in [3.63, 3.8) is 0 Å². The van der Waals surface area contributed by atoms with Gasteiger partial charge in [-0.3, -0.25) is 4.90 Å². The maximum absolute atomic E-state index is 11.3. The van der Waals surface area contributed by atoms with Gasteiger partial charge in [0.15, 0.2) is 0 Å². The Hall–Kier alpha value is -2.48. The van der Waals surface area contributed by atoms with Crippen LogP contribution in [0.25, 0.3) is 0 Å². The van der Waals surface area contributed by atoms with E-state index in [1.165, 1.54) is 6.33 Å². The van der Waals surface area contributed by atoms with Crippen molar-refractivity contribution in [2.45, 2.75) is 26.1 Å². The van der Waals surface area contributed by atoms with Crippen molar-refractivity contribution in [3.8, 4) is 0 Å². The van der Waals surface area contributed by atoms with Crippen molar-refractivity contribution < 1.29 is 4.79 Å². The van der Waals surface area contributed by atoms with E-state index in [1.807, 2.05) is 18.6 Å². The number of carbonyl (C=O) groups is 1. The molecule has 1 aliphatic heterocycles. The number of primary amides is 1. The minimum atomic E-state index is -0.363. The number of imidazole rings is 1. The topological polar surface area (TPSA) is 93.2 Å². The van der Waals surface area contributed by atoms with E-state index < -0.39 is 0 Å². The van der Waals surface area contributed by atoms with E-state index in [4.69, 9.17) is 5.73 Å². The number of carbonyl (C=O) groups excluding carboxylic acids is 1. The van der Waals surface area contributed by atoms with Gasteiger partial charge in [-0.05, 0) is 7.05 Å². The lowest BCUT2D eigenvalue weighted by Crippen LogP contribution is -2.37. The van der Waals surface area contributed by atoms with Gasteiger partial charge in [-0.25, -0.2) is 19.7 Å². The summed E-state index contributed by atoms with van der Waals surface area (Å²) in [5, 5.41) is 0. The molecule has 3 rings (SSSR count). The van der Waals surface area contributed by atoms with Gasteiger partial charge in [0.05, 0.1) is 5.69 Å². The third-order valence-corrected chi connectivity index (χ3v) is 4.03. The maximum Gasteiger partial charge on any atom is 0.314 e. The highest BCUT2D eigenvalue weighted by atomic mass is 16.2. The Bertz CT molecular complexity index is 670. The van der Waals surface area contributed by atoms with Crippen LogP contribution in [0.15, 0.2) is 24.9 Å². The summed E-state index contributed by atoms with van der Waals surface area (Å²) in [6.07, 6.45) is 7.84. The molecule has 0 aromatic carbocycles. The molecule has 0 unspecified atom stereocenters. The lowest BCUT2D eigenvalue weighted by Gasteiger charge is -2.19. The second-order valence-corrected chi connectivity index (χ2v) is 5.81. The number of urea groups is 1. The van der Waals surface area contributed by atoms with E-state index >= 15 is 0 Å². The smallest absolute Gasteiger partial charge is 0.314 e. The molecular formula is C15H21N7O. The zero-order valence-corrected chi connectivity index (χ0v) is 13.2. The molecule has 0 bridgehead atoms. The summed E-state index contributed by atoms with van der Waals surface area (Å²) in [7, 11) is 2.05. The Morgan fingerprint density at radius 1 is 1.22 bits per heavy atom. The van der Waals surface area contributed by atoms with E-state index in [0.29, 0.717) is 13.1 Å². The summed E-state index contributed by atoms with van der Waals surface area (Å²) in [4.78, 5) is 27.8. The SMILES string of the molecule is CN(Cc1cncnc1)Cc1cnc2n1CCN(C(N)=O)CC2. The second-order valence-electron chi connectivity index (χ2n) is 5.81. The Kier molecular flexibility index (Phi) is 4.52. The fourth-order valence-corrected chi connectivity index (χ4v) is 2.90. The second kappa shape index (κ2) is 6.74. The van der Waals surface area contributed by atoms with Crippen molar-refractivity contribution in [2.24, 2.45) is 5.73 Å². The highest BCUT2D eigenvalue weighted by molar-refractivity contribution is 5.72. The molecule has 2 N–H and O–H groups in total. The van der Waals surface area contributed by atoms with E-state index in [2.05, 4.69) is 31.5 Å². The van der Waals surface area contributed by atoms with Gasteiger partial charge in [0.25, 0.3) is 0 Å². The predicted octanol–water partition coefficient (Wildman–Crippen LogP) is 0.242. The number of nitrogens with two attached hydrogens (primary N) is 1. The normalized spacial score (nSPS) is 14.6. The molecule has 2 aromatic heterocycles. The number of nitrogens with zero attached hydrogens (tertiary/aromatic N) is 6. The number of fused-ring (bicyclic) bond motifs is 1. The number of hydrogen-bond acceptors (Lipinski definition) is 5. The van der Waals surface area contributed by atoms with Gasteiger partial charge in [0.2, 0.25) is 0 Å². The largest absolute Gasteiger partial charge is 0.351 e.